The van der Waals surface area contributed by atoms with E-state index >= 15 is 0 Å². The summed E-state index contributed by atoms with van der Waals surface area (Å²) in [5.41, 5.74) is 3.32. The van der Waals surface area contributed by atoms with Gasteiger partial charge in [-0.25, -0.2) is 10.2 Å². The van der Waals surface area contributed by atoms with E-state index in [0.29, 0.717) is 46.0 Å². The zero-order valence-electron chi connectivity index (χ0n) is 19.6. The van der Waals surface area contributed by atoms with Crippen molar-refractivity contribution in [1.29, 1.82) is 0 Å². The number of halogens is 1. The maximum Gasteiger partial charge on any atom is 0.343 e. The molecule has 0 radical (unpaired) electrons. The molecular formula is C26H24BrN3O6. The molecule has 0 spiro atoms. The second-order valence-corrected chi connectivity index (χ2v) is 8.06. The van der Waals surface area contributed by atoms with Crippen LogP contribution in [0.2, 0.25) is 0 Å². The zero-order chi connectivity index (χ0) is 25.9. The molecule has 0 bridgehead atoms. The topological polar surface area (TPSA) is 115 Å². The number of hydrogen-bond donors (Lipinski definition) is 2. The van der Waals surface area contributed by atoms with Gasteiger partial charge < -0.3 is 19.5 Å². The van der Waals surface area contributed by atoms with Crippen molar-refractivity contribution >= 4 is 45.6 Å². The van der Waals surface area contributed by atoms with Crippen molar-refractivity contribution in [2.45, 2.75) is 13.8 Å². The van der Waals surface area contributed by atoms with Crippen LogP contribution in [0.1, 0.15) is 29.8 Å². The second kappa shape index (κ2) is 13.1. The predicted molar refractivity (Wildman–Crippen MR) is 139 cm³/mol. The highest BCUT2D eigenvalue weighted by molar-refractivity contribution is 9.10. The van der Waals surface area contributed by atoms with E-state index in [1.165, 1.54) is 6.21 Å². The third kappa shape index (κ3) is 7.67. The fourth-order valence-electron chi connectivity index (χ4n) is 2.93. The highest BCUT2D eigenvalue weighted by Gasteiger charge is 2.14. The van der Waals surface area contributed by atoms with Gasteiger partial charge in [0.2, 0.25) is 0 Å². The molecule has 0 saturated carbocycles. The first kappa shape index (κ1) is 26.4. The Morgan fingerprint density at radius 2 is 1.47 bits per heavy atom. The molecule has 3 aromatic carbocycles. The Morgan fingerprint density at radius 3 is 2.08 bits per heavy atom. The molecule has 9 nitrogen and oxygen atoms in total. The lowest BCUT2D eigenvalue weighted by atomic mass is 10.2. The molecule has 3 rings (SSSR count). The van der Waals surface area contributed by atoms with Crippen LogP contribution in [-0.2, 0) is 9.59 Å². The van der Waals surface area contributed by atoms with Crippen molar-refractivity contribution in [2.75, 3.05) is 18.5 Å². The number of hydrogen-bond acceptors (Lipinski definition) is 7. The third-order valence-electron chi connectivity index (χ3n) is 4.57. The van der Waals surface area contributed by atoms with Gasteiger partial charge in [-0.1, -0.05) is 15.9 Å². The smallest absolute Gasteiger partial charge is 0.343 e. The first-order chi connectivity index (χ1) is 17.4. The molecule has 10 heteroatoms. The molecular weight excluding hydrogens is 530 g/mol. The van der Waals surface area contributed by atoms with Crippen molar-refractivity contribution in [3.8, 4) is 17.2 Å². The molecule has 0 unspecified atom stereocenters. The van der Waals surface area contributed by atoms with Crippen LogP contribution in [0.25, 0.3) is 0 Å². The Bertz CT molecular complexity index is 1240. The highest BCUT2D eigenvalue weighted by Crippen LogP contribution is 2.23. The van der Waals surface area contributed by atoms with Crippen molar-refractivity contribution in [1.82, 2.24) is 5.43 Å². The maximum absolute atomic E-state index is 12.6. The molecule has 0 atom stereocenters. The summed E-state index contributed by atoms with van der Waals surface area (Å²) < 4.78 is 16.9. The number of nitrogens with zero attached hydrogens (tertiary/aromatic N) is 1. The molecule has 36 heavy (non-hydrogen) atoms. The number of nitrogens with one attached hydrogen (secondary N) is 2. The molecule has 0 aromatic heterocycles. The maximum atomic E-state index is 12.6. The monoisotopic (exact) mass is 553 g/mol. The van der Waals surface area contributed by atoms with Gasteiger partial charge in [-0.05, 0) is 80.6 Å². The van der Waals surface area contributed by atoms with Crippen LogP contribution in [0.15, 0.2) is 76.3 Å². The van der Waals surface area contributed by atoms with E-state index in [1.807, 2.05) is 13.8 Å². The number of amides is 2. The quantitative estimate of drug-likeness (QED) is 0.132. The second-order valence-electron chi connectivity index (χ2n) is 7.14. The van der Waals surface area contributed by atoms with Gasteiger partial charge in [0, 0.05) is 15.7 Å². The van der Waals surface area contributed by atoms with E-state index in [4.69, 9.17) is 14.2 Å². The van der Waals surface area contributed by atoms with Crippen molar-refractivity contribution in [3.05, 3.63) is 82.3 Å². The highest BCUT2D eigenvalue weighted by atomic mass is 79.9. The van der Waals surface area contributed by atoms with Crippen LogP contribution in [-0.4, -0.2) is 37.2 Å². The molecule has 0 aliphatic heterocycles. The molecule has 0 aliphatic rings. The molecule has 0 fully saturated rings. The summed E-state index contributed by atoms with van der Waals surface area (Å²) in [6.07, 6.45) is 1.27. The van der Waals surface area contributed by atoms with Gasteiger partial charge in [0.25, 0.3) is 0 Å². The predicted octanol–water partition coefficient (Wildman–Crippen LogP) is 4.55. The Morgan fingerprint density at radius 1 is 0.861 bits per heavy atom. The van der Waals surface area contributed by atoms with Crippen molar-refractivity contribution in [3.63, 3.8) is 0 Å². The van der Waals surface area contributed by atoms with Crippen LogP contribution >= 0.6 is 15.9 Å². The fourth-order valence-corrected chi connectivity index (χ4v) is 3.30. The number of esters is 1. The van der Waals surface area contributed by atoms with Gasteiger partial charge >= 0.3 is 17.8 Å². The number of benzene rings is 3. The molecule has 186 valence electrons. The van der Waals surface area contributed by atoms with Gasteiger partial charge in [0.1, 0.15) is 17.2 Å². The van der Waals surface area contributed by atoms with Gasteiger partial charge in [-0.2, -0.15) is 5.10 Å². The average Bonchev–Trinajstić information content (AvgIpc) is 2.87. The van der Waals surface area contributed by atoms with Crippen molar-refractivity contribution in [2.24, 2.45) is 5.10 Å². The molecule has 0 aliphatic carbocycles. The number of anilines is 1. The fraction of sp³-hybridized carbons (Fsp3) is 0.154. The number of carbonyl (C=O) groups excluding carboxylic acids is 3. The van der Waals surface area contributed by atoms with Gasteiger partial charge in [-0.3, -0.25) is 9.59 Å². The SMILES string of the molecule is CCOc1ccc(NC(=O)C(=O)N/N=C\c2cc(Br)ccc2OC(=O)c2ccc(OCC)cc2)cc1. The number of rotatable bonds is 9. The van der Waals surface area contributed by atoms with Gasteiger partial charge in [0.15, 0.2) is 0 Å². The van der Waals surface area contributed by atoms with Gasteiger partial charge in [0.05, 0.1) is 25.0 Å². The summed E-state index contributed by atoms with van der Waals surface area (Å²) in [6, 6.07) is 18.1. The van der Waals surface area contributed by atoms with Crippen LogP contribution in [0.3, 0.4) is 0 Å². The summed E-state index contributed by atoms with van der Waals surface area (Å²) in [7, 11) is 0. The molecule has 3 aromatic rings. The summed E-state index contributed by atoms with van der Waals surface area (Å²) in [5, 5.41) is 6.29. The normalized spacial score (nSPS) is 10.5. The Hall–Kier alpha value is -4.18. The van der Waals surface area contributed by atoms with E-state index in [2.05, 4.69) is 31.8 Å². The Balaban J connectivity index is 1.61. The minimum atomic E-state index is -0.969. The minimum absolute atomic E-state index is 0.217. The molecule has 0 saturated heterocycles. The third-order valence-corrected chi connectivity index (χ3v) is 5.07. The lowest BCUT2D eigenvalue weighted by molar-refractivity contribution is -0.136. The molecule has 0 heterocycles. The first-order valence-corrected chi connectivity index (χ1v) is 11.8. The minimum Gasteiger partial charge on any atom is -0.494 e. The molecule has 2 N–H and O–H groups in total. The van der Waals surface area contributed by atoms with Crippen LogP contribution in [0.4, 0.5) is 5.69 Å². The van der Waals surface area contributed by atoms with E-state index in [1.54, 1.807) is 66.7 Å². The van der Waals surface area contributed by atoms with E-state index in [9.17, 15) is 14.4 Å². The van der Waals surface area contributed by atoms with E-state index < -0.39 is 17.8 Å². The Kier molecular flexibility index (Phi) is 9.58. The lowest BCUT2D eigenvalue weighted by Gasteiger charge is -2.09. The van der Waals surface area contributed by atoms with Gasteiger partial charge in [-0.15, -0.1) is 0 Å². The lowest BCUT2D eigenvalue weighted by Crippen LogP contribution is -2.32. The molecule has 2 amide bonds. The average molecular weight is 554 g/mol. The van der Waals surface area contributed by atoms with Crippen molar-refractivity contribution < 1.29 is 28.6 Å². The largest absolute Gasteiger partial charge is 0.494 e. The van der Waals surface area contributed by atoms with Crippen LogP contribution in [0, 0.1) is 0 Å². The summed E-state index contributed by atoms with van der Waals surface area (Å²) >= 11 is 3.35. The number of carbonyl (C=O) groups is 3. The zero-order valence-corrected chi connectivity index (χ0v) is 21.2. The standard InChI is InChI=1S/C26H24BrN3O6/c1-3-34-21-10-5-17(6-11-21)26(33)36-23-14-7-19(27)15-18(23)16-28-30-25(32)24(31)29-20-8-12-22(13-9-20)35-4-2/h5-16H,3-4H2,1-2H3,(H,29,31)(H,30,32)/b28-16-. The van der Waals surface area contributed by atoms with Crippen LogP contribution < -0.4 is 25.0 Å². The summed E-state index contributed by atoms with van der Waals surface area (Å²) in [4.78, 5) is 36.8. The first-order valence-electron chi connectivity index (χ1n) is 11.0. The Labute approximate surface area is 216 Å². The van der Waals surface area contributed by atoms with E-state index in [-0.39, 0.29) is 5.75 Å². The summed E-state index contributed by atoms with van der Waals surface area (Å²) in [6.45, 7) is 4.77. The van der Waals surface area contributed by atoms with E-state index in [0.717, 1.165) is 0 Å². The number of hydrazone groups is 1. The summed E-state index contributed by atoms with van der Waals surface area (Å²) in [5.74, 6) is -0.927. The van der Waals surface area contributed by atoms with Crippen LogP contribution in [0.5, 0.6) is 17.2 Å². The number of ether oxygens (including phenoxy) is 3.